The second-order valence-corrected chi connectivity index (χ2v) is 5.01. The lowest BCUT2D eigenvalue weighted by molar-refractivity contribution is -0.120. The van der Waals surface area contributed by atoms with Gasteiger partial charge in [-0.15, -0.1) is 0 Å². The van der Waals surface area contributed by atoms with E-state index in [9.17, 15) is 9.90 Å². The van der Waals surface area contributed by atoms with Crippen molar-refractivity contribution in [1.82, 2.24) is 4.98 Å². The number of carbonyl (C=O) groups excluding carboxylic acids is 1. The van der Waals surface area contributed by atoms with E-state index >= 15 is 0 Å². The lowest BCUT2D eigenvalue weighted by atomic mass is 9.79. The second kappa shape index (κ2) is 4.14. The van der Waals surface area contributed by atoms with Crippen LogP contribution in [-0.4, -0.2) is 22.6 Å². The molecule has 1 aliphatic rings. The van der Waals surface area contributed by atoms with E-state index < -0.39 is 0 Å². The van der Waals surface area contributed by atoms with Crippen LogP contribution in [0.4, 0.5) is 0 Å². The van der Waals surface area contributed by atoms with Crippen molar-refractivity contribution < 1.29 is 9.90 Å². The van der Waals surface area contributed by atoms with Crippen LogP contribution in [0.15, 0.2) is 24.3 Å². The molecule has 0 aliphatic heterocycles. The lowest BCUT2D eigenvalue weighted by Crippen LogP contribution is -2.30. The van der Waals surface area contributed by atoms with Crippen LogP contribution < -0.4 is 5.73 Å². The van der Waals surface area contributed by atoms with Crippen LogP contribution in [0, 0.1) is 5.92 Å². The summed E-state index contributed by atoms with van der Waals surface area (Å²) in [6.07, 6.45) is 1.44. The number of carbonyl (C=O) groups is 1. The van der Waals surface area contributed by atoms with Gasteiger partial charge in [0.2, 0.25) is 5.91 Å². The smallest absolute Gasteiger partial charge is 0.226 e. The number of rotatable bonds is 2. The summed E-state index contributed by atoms with van der Waals surface area (Å²) in [5.41, 5.74) is 8.59. The molecule has 0 saturated heterocycles. The maximum atomic E-state index is 11.6. The molecule has 1 heterocycles. The first-order chi connectivity index (χ1) is 8.70. The first kappa shape index (κ1) is 11.3. The highest BCUT2D eigenvalue weighted by atomic mass is 16.3. The Balaban J connectivity index is 2.19. The van der Waals surface area contributed by atoms with Crippen LogP contribution in [0.3, 0.4) is 0 Å². The third kappa shape index (κ3) is 1.61. The molecule has 4 nitrogen and oxygen atoms in total. The fourth-order valence-electron chi connectivity index (χ4n) is 2.96. The van der Waals surface area contributed by atoms with Gasteiger partial charge in [0.05, 0.1) is 5.92 Å². The average molecular weight is 244 g/mol. The molecule has 1 amide bonds. The maximum Gasteiger partial charge on any atom is 0.226 e. The Bertz CT molecular complexity index is 603. The Morgan fingerprint density at radius 2 is 2.22 bits per heavy atom. The number of primary amides is 1. The van der Waals surface area contributed by atoms with Gasteiger partial charge in [0.25, 0.3) is 0 Å². The highest BCUT2D eigenvalue weighted by molar-refractivity contribution is 5.89. The molecule has 0 bridgehead atoms. The predicted octanol–water partition coefficient (Wildman–Crippen LogP) is 1.29. The normalized spacial score (nSPS) is 22.9. The van der Waals surface area contributed by atoms with E-state index in [0.717, 1.165) is 28.6 Å². The van der Waals surface area contributed by atoms with Gasteiger partial charge in [-0.2, -0.15) is 0 Å². The van der Waals surface area contributed by atoms with Gasteiger partial charge in [-0.05, 0) is 30.4 Å². The number of para-hydroxylation sites is 1. The maximum absolute atomic E-state index is 11.6. The lowest BCUT2D eigenvalue weighted by Gasteiger charge is -2.26. The molecule has 1 aromatic carbocycles. The van der Waals surface area contributed by atoms with Gasteiger partial charge < -0.3 is 15.8 Å². The molecule has 3 rings (SSSR count). The first-order valence-electron chi connectivity index (χ1n) is 6.20. The Kier molecular flexibility index (Phi) is 2.59. The molecule has 0 fully saturated rings. The van der Waals surface area contributed by atoms with E-state index in [-0.39, 0.29) is 24.3 Å². The number of hydrogen-bond donors (Lipinski definition) is 3. The standard InChI is InChI=1S/C14H16N2O2/c15-14(18)11-6-8(7-17)5-10-9-3-1-2-4-12(9)16-13(10)11/h1-4,8,11,16-17H,5-7H2,(H2,15,18). The molecule has 2 atom stereocenters. The molecule has 2 unspecified atom stereocenters. The summed E-state index contributed by atoms with van der Waals surface area (Å²) in [6, 6.07) is 7.99. The number of aromatic nitrogens is 1. The summed E-state index contributed by atoms with van der Waals surface area (Å²) < 4.78 is 0. The molecule has 4 heteroatoms. The van der Waals surface area contributed by atoms with Gasteiger partial charge in [0.15, 0.2) is 0 Å². The van der Waals surface area contributed by atoms with Crippen molar-refractivity contribution in [3.8, 4) is 0 Å². The Morgan fingerprint density at radius 3 is 2.94 bits per heavy atom. The summed E-state index contributed by atoms with van der Waals surface area (Å²) in [5.74, 6) is -0.506. The van der Waals surface area contributed by atoms with E-state index in [4.69, 9.17) is 5.73 Å². The zero-order chi connectivity index (χ0) is 12.7. The number of aliphatic hydroxyl groups is 1. The Hall–Kier alpha value is -1.81. The number of benzene rings is 1. The third-order valence-corrected chi connectivity index (χ3v) is 3.86. The zero-order valence-corrected chi connectivity index (χ0v) is 10.0. The van der Waals surface area contributed by atoms with Gasteiger partial charge >= 0.3 is 0 Å². The van der Waals surface area contributed by atoms with E-state index in [1.807, 2.05) is 24.3 Å². The molecular weight excluding hydrogens is 228 g/mol. The highest BCUT2D eigenvalue weighted by Gasteiger charge is 2.32. The molecule has 0 saturated carbocycles. The summed E-state index contributed by atoms with van der Waals surface area (Å²) >= 11 is 0. The summed E-state index contributed by atoms with van der Waals surface area (Å²) in [5, 5.41) is 10.5. The quantitative estimate of drug-likeness (QED) is 0.744. The zero-order valence-electron chi connectivity index (χ0n) is 10.0. The summed E-state index contributed by atoms with van der Waals surface area (Å²) in [7, 11) is 0. The minimum atomic E-state index is -0.319. The van der Waals surface area contributed by atoms with Crippen molar-refractivity contribution in [2.45, 2.75) is 18.8 Å². The van der Waals surface area contributed by atoms with Crippen molar-refractivity contribution in [2.75, 3.05) is 6.61 Å². The number of nitrogens with one attached hydrogen (secondary N) is 1. The van der Waals surface area contributed by atoms with Crippen LogP contribution in [-0.2, 0) is 11.2 Å². The van der Waals surface area contributed by atoms with Crippen LogP contribution in [0.2, 0.25) is 0 Å². The molecule has 4 N–H and O–H groups in total. The molecular formula is C14H16N2O2. The van der Waals surface area contributed by atoms with E-state index in [1.54, 1.807) is 0 Å². The second-order valence-electron chi connectivity index (χ2n) is 5.01. The minimum Gasteiger partial charge on any atom is -0.396 e. The molecule has 94 valence electrons. The summed E-state index contributed by atoms with van der Waals surface area (Å²) in [4.78, 5) is 14.9. The number of nitrogens with two attached hydrogens (primary N) is 1. The fourth-order valence-corrected chi connectivity index (χ4v) is 2.96. The monoisotopic (exact) mass is 244 g/mol. The third-order valence-electron chi connectivity index (χ3n) is 3.86. The average Bonchev–Trinajstić information content (AvgIpc) is 2.75. The number of aliphatic hydroxyl groups excluding tert-OH is 1. The molecule has 0 spiro atoms. The fraction of sp³-hybridized carbons (Fsp3) is 0.357. The molecule has 0 radical (unpaired) electrons. The molecule has 1 aliphatic carbocycles. The topological polar surface area (TPSA) is 79.1 Å². The summed E-state index contributed by atoms with van der Waals surface area (Å²) in [6.45, 7) is 0.0999. The minimum absolute atomic E-state index is 0.0999. The van der Waals surface area contributed by atoms with Crippen molar-refractivity contribution in [3.05, 3.63) is 35.5 Å². The number of hydrogen-bond acceptors (Lipinski definition) is 2. The first-order valence-corrected chi connectivity index (χ1v) is 6.20. The van der Waals surface area contributed by atoms with Crippen molar-refractivity contribution in [1.29, 1.82) is 0 Å². The number of H-pyrrole nitrogens is 1. The van der Waals surface area contributed by atoms with Gasteiger partial charge in [-0.3, -0.25) is 4.79 Å². The highest BCUT2D eigenvalue weighted by Crippen LogP contribution is 2.38. The molecule has 18 heavy (non-hydrogen) atoms. The predicted molar refractivity (Wildman–Crippen MR) is 69.1 cm³/mol. The van der Waals surface area contributed by atoms with E-state index in [2.05, 4.69) is 4.98 Å². The number of amides is 1. The van der Waals surface area contributed by atoms with E-state index in [0.29, 0.717) is 6.42 Å². The van der Waals surface area contributed by atoms with Gasteiger partial charge in [0.1, 0.15) is 0 Å². The van der Waals surface area contributed by atoms with E-state index in [1.165, 1.54) is 0 Å². The van der Waals surface area contributed by atoms with Crippen LogP contribution in [0.5, 0.6) is 0 Å². The van der Waals surface area contributed by atoms with Crippen LogP contribution in [0.1, 0.15) is 23.6 Å². The van der Waals surface area contributed by atoms with Gasteiger partial charge in [0, 0.05) is 23.2 Å². The van der Waals surface area contributed by atoms with Gasteiger partial charge in [-0.1, -0.05) is 18.2 Å². The Morgan fingerprint density at radius 1 is 1.44 bits per heavy atom. The van der Waals surface area contributed by atoms with Gasteiger partial charge in [-0.25, -0.2) is 0 Å². The number of fused-ring (bicyclic) bond motifs is 3. The van der Waals surface area contributed by atoms with Crippen molar-refractivity contribution in [2.24, 2.45) is 11.7 Å². The molecule has 2 aromatic rings. The SMILES string of the molecule is NC(=O)C1CC(CO)Cc2c1[nH]c1ccccc21. The largest absolute Gasteiger partial charge is 0.396 e. The van der Waals surface area contributed by atoms with Crippen molar-refractivity contribution in [3.63, 3.8) is 0 Å². The Labute approximate surface area is 105 Å². The van der Waals surface area contributed by atoms with Crippen molar-refractivity contribution >= 4 is 16.8 Å². The molecule has 1 aromatic heterocycles. The number of aromatic amines is 1. The van der Waals surface area contributed by atoms with Crippen LogP contribution in [0.25, 0.3) is 10.9 Å². The van der Waals surface area contributed by atoms with Crippen LogP contribution >= 0.6 is 0 Å².